The van der Waals surface area contributed by atoms with Gasteiger partial charge >= 0.3 is 0 Å². The molecule has 1 amide bonds. The van der Waals surface area contributed by atoms with Gasteiger partial charge in [-0.05, 0) is 42.9 Å². The van der Waals surface area contributed by atoms with E-state index >= 15 is 0 Å². The number of amides is 1. The summed E-state index contributed by atoms with van der Waals surface area (Å²) in [5, 5.41) is 2.81. The fourth-order valence-corrected chi connectivity index (χ4v) is 2.61. The summed E-state index contributed by atoms with van der Waals surface area (Å²) < 4.78 is 13.8. The van der Waals surface area contributed by atoms with Crippen LogP contribution in [0.1, 0.15) is 29.8 Å². The van der Waals surface area contributed by atoms with Gasteiger partial charge in [0.05, 0.1) is 10.6 Å². The third-order valence-corrected chi connectivity index (χ3v) is 3.99. The molecule has 2 rings (SSSR count). The van der Waals surface area contributed by atoms with Crippen molar-refractivity contribution >= 4 is 23.2 Å². The SMILES string of the molecule is CCN(CC)Cc1cccc(NC(=O)c2c(F)cccc2Cl)c1. The van der Waals surface area contributed by atoms with E-state index in [0.29, 0.717) is 5.69 Å². The number of halogens is 2. The van der Waals surface area contributed by atoms with E-state index in [4.69, 9.17) is 11.6 Å². The normalized spacial score (nSPS) is 10.8. The van der Waals surface area contributed by atoms with Crippen LogP contribution in [-0.2, 0) is 6.54 Å². The van der Waals surface area contributed by atoms with Gasteiger partial charge in [-0.3, -0.25) is 9.69 Å². The van der Waals surface area contributed by atoms with Gasteiger partial charge in [0.1, 0.15) is 5.82 Å². The molecule has 23 heavy (non-hydrogen) atoms. The molecule has 0 unspecified atom stereocenters. The fourth-order valence-electron chi connectivity index (χ4n) is 2.36. The molecule has 0 aromatic heterocycles. The van der Waals surface area contributed by atoms with Gasteiger partial charge in [0.25, 0.3) is 5.91 Å². The Bertz CT molecular complexity index is 666. The number of carbonyl (C=O) groups excluding carboxylic acids is 1. The third kappa shape index (κ3) is 4.53. The zero-order chi connectivity index (χ0) is 16.8. The Morgan fingerprint density at radius 3 is 2.52 bits per heavy atom. The van der Waals surface area contributed by atoms with Crippen LogP contribution in [0.2, 0.25) is 5.02 Å². The number of carbonyl (C=O) groups is 1. The molecule has 2 aromatic carbocycles. The molecule has 0 radical (unpaired) electrons. The highest BCUT2D eigenvalue weighted by atomic mass is 35.5. The third-order valence-electron chi connectivity index (χ3n) is 3.68. The topological polar surface area (TPSA) is 32.3 Å². The summed E-state index contributed by atoms with van der Waals surface area (Å²) in [4.78, 5) is 14.5. The number of nitrogens with one attached hydrogen (secondary N) is 1. The molecule has 1 N–H and O–H groups in total. The molecule has 0 aliphatic heterocycles. The van der Waals surface area contributed by atoms with Gasteiger partial charge in [0.15, 0.2) is 0 Å². The van der Waals surface area contributed by atoms with Gasteiger partial charge < -0.3 is 5.32 Å². The molecule has 3 nitrogen and oxygen atoms in total. The molecule has 0 fully saturated rings. The maximum Gasteiger partial charge on any atom is 0.260 e. The number of benzene rings is 2. The van der Waals surface area contributed by atoms with Crippen molar-refractivity contribution < 1.29 is 9.18 Å². The molecule has 0 aliphatic rings. The summed E-state index contributed by atoms with van der Waals surface area (Å²) >= 11 is 5.92. The van der Waals surface area contributed by atoms with E-state index in [-0.39, 0.29) is 10.6 Å². The standard InChI is InChI=1S/C18H20ClFN2O/c1-3-22(4-2)12-13-7-5-8-14(11-13)21-18(23)17-15(19)9-6-10-16(17)20/h5-11H,3-4,12H2,1-2H3,(H,21,23). The van der Waals surface area contributed by atoms with Crippen molar-refractivity contribution in [3.63, 3.8) is 0 Å². The highest BCUT2D eigenvalue weighted by Crippen LogP contribution is 2.21. The van der Waals surface area contributed by atoms with Crippen LogP contribution in [-0.4, -0.2) is 23.9 Å². The summed E-state index contributed by atoms with van der Waals surface area (Å²) in [6.45, 7) is 6.93. The predicted molar refractivity (Wildman–Crippen MR) is 92.4 cm³/mol. The highest BCUT2D eigenvalue weighted by molar-refractivity contribution is 6.34. The first-order valence-corrected chi connectivity index (χ1v) is 7.99. The molecule has 122 valence electrons. The van der Waals surface area contributed by atoms with Gasteiger partial charge in [0.2, 0.25) is 0 Å². The molecule has 0 aliphatic carbocycles. The maximum atomic E-state index is 13.8. The summed E-state index contributed by atoms with van der Waals surface area (Å²) in [5.41, 5.74) is 1.58. The molecule has 0 heterocycles. The van der Waals surface area contributed by atoms with E-state index in [1.807, 2.05) is 18.2 Å². The van der Waals surface area contributed by atoms with Crippen LogP contribution in [0.25, 0.3) is 0 Å². The monoisotopic (exact) mass is 334 g/mol. The van der Waals surface area contributed by atoms with Crippen molar-refractivity contribution in [2.24, 2.45) is 0 Å². The van der Waals surface area contributed by atoms with Crippen molar-refractivity contribution in [2.45, 2.75) is 20.4 Å². The Labute approximate surface area is 141 Å². The van der Waals surface area contributed by atoms with Crippen LogP contribution in [0.15, 0.2) is 42.5 Å². The molecule has 2 aromatic rings. The zero-order valence-electron chi connectivity index (χ0n) is 13.3. The minimum absolute atomic E-state index is 0.0989. The van der Waals surface area contributed by atoms with Crippen molar-refractivity contribution in [3.8, 4) is 0 Å². The first-order valence-electron chi connectivity index (χ1n) is 7.61. The number of rotatable bonds is 6. The average molecular weight is 335 g/mol. The van der Waals surface area contributed by atoms with Crippen molar-refractivity contribution in [2.75, 3.05) is 18.4 Å². The summed E-state index contributed by atoms with van der Waals surface area (Å²) in [5.74, 6) is -1.18. The molecule has 0 atom stereocenters. The second-order valence-electron chi connectivity index (χ2n) is 5.21. The minimum atomic E-state index is -0.630. The quantitative estimate of drug-likeness (QED) is 0.839. The molecule has 0 saturated carbocycles. The molecule has 0 saturated heterocycles. The zero-order valence-corrected chi connectivity index (χ0v) is 14.0. The summed E-state index contributed by atoms with van der Waals surface area (Å²) in [7, 11) is 0. The fraction of sp³-hybridized carbons (Fsp3) is 0.278. The van der Waals surface area contributed by atoms with Crippen LogP contribution in [0.3, 0.4) is 0 Å². The lowest BCUT2D eigenvalue weighted by molar-refractivity contribution is 0.102. The summed E-state index contributed by atoms with van der Waals surface area (Å²) in [6.07, 6.45) is 0. The van der Waals surface area contributed by atoms with Gasteiger partial charge in [0, 0.05) is 12.2 Å². The lowest BCUT2D eigenvalue weighted by Gasteiger charge is -2.18. The Morgan fingerprint density at radius 1 is 1.17 bits per heavy atom. The minimum Gasteiger partial charge on any atom is -0.322 e. The molecular formula is C18H20ClFN2O. The van der Waals surface area contributed by atoms with E-state index < -0.39 is 11.7 Å². The Hall–Kier alpha value is -1.91. The van der Waals surface area contributed by atoms with Gasteiger partial charge in [-0.2, -0.15) is 0 Å². The van der Waals surface area contributed by atoms with Crippen molar-refractivity contribution in [1.29, 1.82) is 0 Å². The molecule has 0 bridgehead atoms. The maximum absolute atomic E-state index is 13.8. The Kier molecular flexibility index (Phi) is 6.13. The highest BCUT2D eigenvalue weighted by Gasteiger charge is 2.16. The van der Waals surface area contributed by atoms with Crippen molar-refractivity contribution in [3.05, 3.63) is 64.4 Å². The van der Waals surface area contributed by atoms with Crippen LogP contribution < -0.4 is 5.32 Å². The Morgan fingerprint density at radius 2 is 1.87 bits per heavy atom. The van der Waals surface area contributed by atoms with Crippen LogP contribution in [0.4, 0.5) is 10.1 Å². The largest absolute Gasteiger partial charge is 0.322 e. The van der Waals surface area contributed by atoms with E-state index in [2.05, 4.69) is 24.1 Å². The lowest BCUT2D eigenvalue weighted by Crippen LogP contribution is -2.22. The summed E-state index contributed by atoms with van der Waals surface area (Å²) in [6, 6.07) is 11.7. The second-order valence-corrected chi connectivity index (χ2v) is 5.62. The van der Waals surface area contributed by atoms with Gasteiger partial charge in [-0.15, -0.1) is 0 Å². The number of anilines is 1. The number of nitrogens with zero attached hydrogens (tertiary/aromatic N) is 1. The van der Waals surface area contributed by atoms with Crippen LogP contribution in [0.5, 0.6) is 0 Å². The first-order chi connectivity index (χ1) is 11.0. The lowest BCUT2D eigenvalue weighted by atomic mass is 10.1. The molecule has 5 heteroatoms. The average Bonchev–Trinajstić information content (AvgIpc) is 2.52. The van der Waals surface area contributed by atoms with E-state index in [1.165, 1.54) is 18.2 Å². The Balaban J connectivity index is 2.16. The van der Waals surface area contributed by atoms with E-state index in [1.54, 1.807) is 6.07 Å². The van der Waals surface area contributed by atoms with Crippen molar-refractivity contribution in [1.82, 2.24) is 4.90 Å². The molecule has 0 spiro atoms. The van der Waals surface area contributed by atoms with E-state index in [0.717, 1.165) is 25.2 Å². The number of hydrogen-bond donors (Lipinski definition) is 1. The number of hydrogen-bond acceptors (Lipinski definition) is 2. The van der Waals surface area contributed by atoms with Crippen LogP contribution >= 0.6 is 11.6 Å². The second kappa shape index (κ2) is 8.09. The smallest absolute Gasteiger partial charge is 0.260 e. The van der Waals surface area contributed by atoms with Gasteiger partial charge in [-0.1, -0.05) is 43.6 Å². The predicted octanol–water partition coefficient (Wildman–Crippen LogP) is 4.57. The first kappa shape index (κ1) is 17.4. The van der Waals surface area contributed by atoms with Gasteiger partial charge in [-0.25, -0.2) is 4.39 Å². The van der Waals surface area contributed by atoms with Crippen LogP contribution in [0, 0.1) is 5.82 Å². The molecular weight excluding hydrogens is 315 g/mol. The van der Waals surface area contributed by atoms with E-state index in [9.17, 15) is 9.18 Å².